The number of hydrogen-bond donors (Lipinski definition) is 3. The van der Waals surface area contributed by atoms with E-state index in [9.17, 15) is 20.1 Å². The van der Waals surface area contributed by atoms with Crippen LogP contribution in [0.15, 0.2) is 30.3 Å². The molecule has 0 radical (unpaired) electrons. The zero-order valence-electron chi connectivity index (χ0n) is 11.8. The van der Waals surface area contributed by atoms with Gasteiger partial charge in [-0.2, -0.15) is 0 Å². The van der Waals surface area contributed by atoms with Crippen LogP contribution in [0.4, 0.5) is 0 Å². The molecule has 5 nitrogen and oxygen atoms in total. The van der Waals surface area contributed by atoms with Gasteiger partial charge in [0.25, 0.3) is 0 Å². The van der Waals surface area contributed by atoms with Gasteiger partial charge in [-0.05, 0) is 13.0 Å². The summed E-state index contributed by atoms with van der Waals surface area (Å²) < 4.78 is 5.17. The minimum absolute atomic E-state index is 0.0324. The number of carbonyl (C=O) groups excluding carboxylic acids is 1. The van der Waals surface area contributed by atoms with Crippen molar-refractivity contribution in [2.75, 3.05) is 7.11 Å². The number of phenolic OH excluding ortho intramolecular Hbond substituents is 3. The fraction of sp³-hybridized carbons (Fsp3) is 0.188. The smallest absolute Gasteiger partial charge is 0.174 e. The molecule has 21 heavy (non-hydrogen) atoms. The number of Topliss-reactive ketones (excluding diaryl/α,β-unsaturated/α-hetero) is 1. The van der Waals surface area contributed by atoms with Crippen molar-refractivity contribution in [3.63, 3.8) is 0 Å². The number of phenols is 3. The van der Waals surface area contributed by atoms with Gasteiger partial charge in [0.15, 0.2) is 5.78 Å². The molecule has 0 heterocycles. The number of para-hydroxylation sites is 1. The normalized spacial score (nSPS) is 10.4. The molecule has 0 spiro atoms. The number of hydrogen-bond acceptors (Lipinski definition) is 5. The van der Waals surface area contributed by atoms with E-state index >= 15 is 0 Å². The molecule has 2 aromatic carbocycles. The van der Waals surface area contributed by atoms with Crippen molar-refractivity contribution in [2.45, 2.75) is 13.3 Å². The molecule has 0 saturated carbocycles. The average Bonchev–Trinajstić information content (AvgIpc) is 2.45. The lowest BCUT2D eigenvalue weighted by Crippen LogP contribution is -2.06. The Labute approximate surface area is 122 Å². The van der Waals surface area contributed by atoms with Crippen LogP contribution in [0.2, 0.25) is 0 Å². The van der Waals surface area contributed by atoms with Crippen LogP contribution in [0.1, 0.15) is 21.5 Å². The molecule has 0 unspecified atom stereocenters. The van der Waals surface area contributed by atoms with Crippen molar-refractivity contribution in [2.24, 2.45) is 0 Å². The molecule has 0 aliphatic heterocycles. The van der Waals surface area contributed by atoms with E-state index in [4.69, 9.17) is 4.74 Å². The average molecular weight is 288 g/mol. The van der Waals surface area contributed by atoms with E-state index in [1.807, 2.05) is 0 Å². The van der Waals surface area contributed by atoms with Crippen molar-refractivity contribution in [3.8, 4) is 23.0 Å². The van der Waals surface area contributed by atoms with Crippen LogP contribution in [0.25, 0.3) is 0 Å². The maximum atomic E-state index is 12.3. The number of ketones is 1. The van der Waals surface area contributed by atoms with Crippen LogP contribution in [-0.2, 0) is 6.42 Å². The molecule has 5 heteroatoms. The van der Waals surface area contributed by atoms with Crippen LogP contribution in [0.3, 0.4) is 0 Å². The highest BCUT2D eigenvalue weighted by atomic mass is 16.5. The Morgan fingerprint density at radius 3 is 2.48 bits per heavy atom. The quantitative estimate of drug-likeness (QED) is 0.753. The van der Waals surface area contributed by atoms with Crippen molar-refractivity contribution < 1.29 is 24.9 Å². The molecular formula is C16H16O5. The number of ether oxygens (including phenoxy) is 1. The highest BCUT2D eigenvalue weighted by molar-refractivity contribution is 6.03. The first-order valence-corrected chi connectivity index (χ1v) is 6.35. The maximum absolute atomic E-state index is 12.3. The first-order chi connectivity index (χ1) is 9.95. The standard InChI is InChI=1S/C16H16O5/c1-9-11(17)8-13(19)15(16(9)20)12(18)7-10-5-3-4-6-14(10)21-2/h3-6,8,17,19-20H,7H2,1-2H3. The van der Waals surface area contributed by atoms with E-state index in [-0.39, 0.29) is 23.3 Å². The predicted octanol–water partition coefficient (Wildman–Crippen LogP) is 2.55. The molecule has 2 aromatic rings. The Morgan fingerprint density at radius 2 is 1.81 bits per heavy atom. The van der Waals surface area contributed by atoms with Gasteiger partial charge in [-0.25, -0.2) is 0 Å². The number of benzene rings is 2. The molecule has 0 fully saturated rings. The fourth-order valence-corrected chi connectivity index (χ4v) is 2.13. The van der Waals surface area contributed by atoms with E-state index < -0.39 is 17.3 Å². The molecule has 0 aromatic heterocycles. The van der Waals surface area contributed by atoms with E-state index in [1.165, 1.54) is 14.0 Å². The van der Waals surface area contributed by atoms with Crippen molar-refractivity contribution >= 4 is 5.78 Å². The Hall–Kier alpha value is -2.69. The summed E-state index contributed by atoms with van der Waals surface area (Å²) in [5.74, 6) is -1.03. The van der Waals surface area contributed by atoms with Gasteiger partial charge in [-0.1, -0.05) is 18.2 Å². The van der Waals surface area contributed by atoms with Gasteiger partial charge in [0.05, 0.1) is 7.11 Å². The Kier molecular flexibility index (Phi) is 4.03. The summed E-state index contributed by atoms with van der Waals surface area (Å²) in [7, 11) is 1.50. The van der Waals surface area contributed by atoms with Gasteiger partial charge in [0.2, 0.25) is 0 Å². The summed E-state index contributed by atoms with van der Waals surface area (Å²) in [5, 5.41) is 29.3. The minimum Gasteiger partial charge on any atom is -0.507 e. The van der Waals surface area contributed by atoms with E-state index in [2.05, 4.69) is 0 Å². The highest BCUT2D eigenvalue weighted by Crippen LogP contribution is 2.37. The zero-order chi connectivity index (χ0) is 15.6. The molecule has 0 atom stereocenters. The van der Waals surface area contributed by atoms with Crippen LogP contribution < -0.4 is 4.74 Å². The number of aromatic hydroxyl groups is 3. The Bertz CT molecular complexity index is 691. The second kappa shape index (κ2) is 5.75. The number of methoxy groups -OCH3 is 1. The van der Waals surface area contributed by atoms with Gasteiger partial charge >= 0.3 is 0 Å². The maximum Gasteiger partial charge on any atom is 0.174 e. The molecule has 0 amide bonds. The SMILES string of the molecule is COc1ccccc1CC(=O)c1c(O)cc(O)c(C)c1O. The lowest BCUT2D eigenvalue weighted by Gasteiger charge is -2.12. The second-order valence-electron chi connectivity index (χ2n) is 4.68. The Morgan fingerprint density at radius 1 is 1.14 bits per heavy atom. The van der Waals surface area contributed by atoms with Gasteiger partial charge in [-0.15, -0.1) is 0 Å². The third-order valence-corrected chi connectivity index (χ3v) is 3.33. The summed E-state index contributed by atoms with van der Waals surface area (Å²) in [4.78, 5) is 12.3. The number of rotatable bonds is 4. The van der Waals surface area contributed by atoms with E-state index in [0.717, 1.165) is 6.07 Å². The van der Waals surface area contributed by atoms with Crippen LogP contribution in [0.5, 0.6) is 23.0 Å². The summed E-state index contributed by atoms with van der Waals surface area (Å²) in [6, 6.07) is 8.06. The monoisotopic (exact) mass is 288 g/mol. The third kappa shape index (κ3) is 2.76. The largest absolute Gasteiger partial charge is 0.507 e. The molecule has 0 saturated heterocycles. The molecule has 3 N–H and O–H groups in total. The van der Waals surface area contributed by atoms with Gasteiger partial charge < -0.3 is 20.1 Å². The van der Waals surface area contributed by atoms with Gasteiger partial charge in [0, 0.05) is 23.6 Å². The number of carbonyl (C=O) groups is 1. The Balaban J connectivity index is 2.40. The topological polar surface area (TPSA) is 87.0 Å². The van der Waals surface area contributed by atoms with Gasteiger partial charge in [-0.3, -0.25) is 4.79 Å². The lowest BCUT2D eigenvalue weighted by atomic mass is 9.98. The summed E-state index contributed by atoms with van der Waals surface area (Å²) in [6.45, 7) is 1.46. The predicted molar refractivity (Wildman–Crippen MR) is 77.2 cm³/mol. The van der Waals surface area contributed by atoms with Crippen molar-refractivity contribution in [1.29, 1.82) is 0 Å². The van der Waals surface area contributed by atoms with E-state index in [1.54, 1.807) is 24.3 Å². The van der Waals surface area contributed by atoms with Crippen molar-refractivity contribution in [3.05, 3.63) is 47.0 Å². The third-order valence-electron chi connectivity index (χ3n) is 3.33. The highest BCUT2D eigenvalue weighted by Gasteiger charge is 2.21. The van der Waals surface area contributed by atoms with Crippen LogP contribution in [-0.4, -0.2) is 28.2 Å². The fourth-order valence-electron chi connectivity index (χ4n) is 2.13. The first-order valence-electron chi connectivity index (χ1n) is 6.35. The van der Waals surface area contributed by atoms with E-state index in [0.29, 0.717) is 11.3 Å². The molecule has 0 bridgehead atoms. The minimum atomic E-state index is -0.461. The summed E-state index contributed by atoms with van der Waals surface area (Å²) in [5.41, 5.74) is 0.599. The molecule has 0 aliphatic rings. The molecular weight excluding hydrogens is 272 g/mol. The first kappa shape index (κ1) is 14.7. The van der Waals surface area contributed by atoms with Crippen LogP contribution in [0, 0.1) is 6.92 Å². The van der Waals surface area contributed by atoms with Gasteiger partial charge in [0.1, 0.15) is 28.6 Å². The lowest BCUT2D eigenvalue weighted by molar-refractivity contribution is 0.0986. The second-order valence-corrected chi connectivity index (χ2v) is 4.68. The van der Waals surface area contributed by atoms with Crippen LogP contribution >= 0.6 is 0 Å². The van der Waals surface area contributed by atoms with Crippen molar-refractivity contribution in [1.82, 2.24) is 0 Å². The molecule has 110 valence electrons. The molecule has 0 aliphatic carbocycles. The summed E-state index contributed by atoms with van der Waals surface area (Å²) >= 11 is 0. The molecule has 2 rings (SSSR count). The zero-order valence-corrected chi connectivity index (χ0v) is 11.8. The summed E-state index contributed by atoms with van der Waals surface area (Å²) in [6.07, 6.45) is -0.0324.